The summed E-state index contributed by atoms with van der Waals surface area (Å²) < 4.78 is 39.4. The van der Waals surface area contributed by atoms with Gasteiger partial charge in [-0.1, -0.05) is 19.3 Å². The number of amidine groups is 1. The van der Waals surface area contributed by atoms with Crippen LogP contribution in [-0.4, -0.2) is 46.1 Å². The van der Waals surface area contributed by atoms with Crippen molar-refractivity contribution in [1.82, 2.24) is 10.3 Å². The number of carboxylic acids is 1. The maximum Gasteiger partial charge on any atom is 0.391 e. The second-order valence-corrected chi connectivity index (χ2v) is 10.7. The van der Waals surface area contributed by atoms with E-state index in [1.165, 1.54) is 12.1 Å². The van der Waals surface area contributed by atoms with Crippen LogP contribution in [0.1, 0.15) is 84.1 Å². The lowest BCUT2D eigenvalue weighted by Crippen LogP contribution is -2.36. The van der Waals surface area contributed by atoms with Crippen molar-refractivity contribution in [3.8, 4) is 0 Å². The Kier molecular flexibility index (Phi) is 7.28. The van der Waals surface area contributed by atoms with Crippen LogP contribution in [0.3, 0.4) is 0 Å². The minimum Gasteiger partial charge on any atom is -0.478 e. The number of rotatable bonds is 5. The number of halogens is 3. The van der Waals surface area contributed by atoms with E-state index in [2.05, 4.69) is 15.3 Å². The standard InChI is InChI=1S/C28H29F3N4O5/c29-28(30,31)13-6-8-15(9-7-13)33-23(32)22-19(27(39)40)12-18(26(38)34-14-4-2-1-3-5-14)20-16-10-11-17(21(20)22)25(37)35-24(16)36/h10-15H,1-9H2,(H2,32,33)(H,34,38)(H,39,40)(H,35,36,37). The van der Waals surface area contributed by atoms with Crippen molar-refractivity contribution in [3.63, 3.8) is 0 Å². The molecule has 2 aromatic heterocycles. The molecule has 2 heterocycles. The molecule has 9 nitrogen and oxygen atoms in total. The topological polar surface area (TPSA) is 155 Å². The average Bonchev–Trinajstić information content (AvgIpc) is 3.11. The van der Waals surface area contributed by atoms with Crippen LogP contribution in [0.15, 0.2) is 32.8 Å². The van der Waals surface area contributed by atoms with Gasteiger partial charge < -0.3 is 16.2 Å². The summed E-state index contributed by atoms with van der Waals surface area (Å²) in [5, 5.41) is 13.1. The van der Waals surface area contributed by atoms with Gasteiger partial charge in [0.25, 0.3) is 17.0 Å². The summed E-state index contributed by atoms with van der Waals surface area (Å²) in [5.41, 5.74) is 4.18. The maximum atomic E-state index is 13.5. The van der Waals surface area contributed by atoms with Crippen LogP contribution in [0.25, 0.3) is 21.5 Å². The van der Waals surface area contributed by atoms with E-state index < -0.39 is 46.7 Å². The van der Waals surface area contributed by atoms with E-state index in [4.69, 9.17) is 5.73 Å². The molecule has 2 bridgehead atoms. The number of aromatic carboxylic acids is 1. The highest BCUT2D eigenvalue weighted by Crippen LogP contribution is 2.39. The van der Waals surface area contributed by atoms with Gasteiger partial charge in [-0.2, -0.15) is 13.2 Å². The number of aromatic amines is 1. The third kappa shape index (κ3) is 5.14. The van der Waals surface area contributed by atoms with Crippen molar-refractivity contribution in [2.75, 3.05) is 0 Å². The minimum absolute atomic E-state index is 0.000211. The van der Waals surface area contributed by atoms with Crippen molar-refractivity contribution in [1.29, 1.82) is 0 Å². The molecule has 0 unspecified atom stereocenters. The first-order chi connectivity index (χ1) is 19.0. The van der Waals surface area contributed by atoms with Crippen LogP contribution in [0.4, 0.5) is 13.2 Å². The van der Waals surface area contributed by atoms with Gasteiger partial charge in [0, 0.05) is 38.7 Å². The Morgan fingerprint density at radius 2 is 1.52 bits per heavy atom. The van der Waals surface area contributed by atoms with Crippen LogP contribution < -0.4 is 22.2 Å². The number of nitrogens with one attached hydrogen (secondary N) is 2. The number of fused-ring (bicyclic) bond motifs is 3. The molecule has 2 aliphatic rings. The third-order valence-corrected chi connectivity index (χ3v) is 8.15. The van der Waals surface area contributed by atoms with Gasteiger partial charge in [-0.25, -0.2) is 4.79 Å². The Morgan fingerprint density at radius 1 is 0.925 bits per heavy atom. The predicted molar refractivity (Wildman–Crippen MR) is 143 cm³/mol. The fraction of sp³-hybridized carbons (Fsp3) is 0.464. The van der Waals surface area contributed by atoms with Gasteiger partial charge in [-0.05, 0) is 56.7 Å². The summed E-state index contributed by atoms with van der Waals surface area (Å²) in [6.45, 7) is 0. The van der Waals surface area contributed by atoms with Gasteiger partial charge in [-0.3, -0.25) is 24.4 Å². The molecule has 12 heteroatoms. The normalized spacial score (nSPS) is 21.1. The van der Waals surface area contributed by atoms with E-state index in [-0.39, 0.29) is 70.2 Å². The number of carbonyl (C=O) groups excluding carboxylic acids is 1. The number of nitrogens with two attached hydrogens (primary N) is 1. The molecule has 0 radical (unpaired) electrons. The lowest BCUT2D eigenvalue weighted by atomic mass is 9.85. The molecule has 40 heavy (non-hydrogen) atoms. The lowest BCUT2D eigenvalue weighted by molar-refractivity contribution is -0.182. The highest BCUT2D eigenvalue weighted by atomic mass is 19.4. The number of hydrogen-bond acceptors (Lipinski definition) is 5. The largest absolute Gasteiger partial charge is 0.478 e. The summed E-state index contributed by atoms with van der Waals surface area (Å²) in [6, 6.07) is 3.19. The predicted octanol–water partition coefficient (Wildman–Crippen LogP) is 4.07. The molecule has 2 saturated carbocycles. The van der Waals surface area contributed by atoms with E-state index in [9.17, 15) is 37.5 Å². The Hall–Kier alpha value is -3.96. The Morgan fingerprint density at radius 3 is 2.10 bits per heavy atom. The molecule has 0 saturated heterocycles. The highest BCUT2D eigenvalue weighted by Gasteiger charge is 2.41. The smallest absolute Gasteiger partial charge is 0.391 e. The molecule has 2 aliphatic carbocycles. The maximum absolute atomic E-state index is 13.5. The van der Waals surface area contributed by atoms with E-state index in [1.54, 1.807) is 0 Å². The molecule has 2 fully saturated rings. The van der Waals surface area contributed by atoms with Crippen molar-refractivity contribution >= 4 is 39.3 Å². The van der Waals surface area contributed by atoms with Gasteiger partial charge in [0.05, 0.1) is 17.5 Å². The monoisotopic (exact) mass is 558 g/mol. The molecule has 0 atom stereocenters. The molecule has 6 rings (SSSR count). The third-order valence-electron chi connectivity index (χ3n) is 8.15. The van der Waals surface area contributed by atoms with Gasteiger partial charge >= 0.3 is 12.1 Å². The number of aromatic nitrogens is 1. The molecule has 0 aliphatic heterocycles. The number of amides is 1. The quantitative estimate of drug-likeness (QED) is 0.273. The molecule has 1 amide bonds. The second-order valence-electron chi connectivity index (χ2n) is 10.7. The van der Waals surface area contributed by atoms with Gasteiger partial charge in [0.15, 0.2) is 0 Å². The zero-order valence-corrected chi connectivity index (χ0v) is 21.6. The molecular weight excluding hydrogens is 529 g/mol. The summed E-state index contributed by atoms with van der Waals surface area (Å²) in [4.78, 5) is 58.5. The second kappa shape index (κ2) is 10.5. The molecule has 5 N–H and O–H groups in total. The molecule has 212 valence electrons. The fourth-order valence-corrected chi connectivity index (χ4v) is 6.10. The number of alkyl halides is 3. The van der Waals surface area contributed by atoms with Gasteiger partial charge in [-0.15, -0.1) is 0 Å². The number of H-pyrrole nitrogens is 1. The SMILES string of the molecule is NC(=NC1CCC(C(F)(F)F)CC1)c1c(C(=O)O)cc(C(=O)NC2CCCCC2)c2c3ccc(c(=O)[nH]c3=O)c12. The molecule has 0 spiro atoms. The Bertz CT molecular complexity index is 1620. The van der Waals surface area contributed by atoms with Crippen LogP contribution in [0, 0.1) is 5.92 Å². The van der Waals surface area contributed by atoms with E-state index >= 15 is 0 Å². The van der Waals surface area contributed by atoms with Gasteiger partial charge in [0.1, 0.15) is 5.84 Å². The van der Waals surface area contributed by atoms with Crippen LogP contribution in [0.5, 0.6) is 0 Å². The summed E-state index contributed by atoms with van der Waals surface area (Å²) in [5.74, 6) is -3.73. The molecular formula is C28H29F3N4O5. The van der Waals surface area contributed by atoms with Crippen molar-refractivity contribution in [3.05, 3.63) is 55.6 Å². The fourth-order valence-electron chi connectivity index (χ4n) is 6.10. The number of carbonyl (C=O) groups is 2. The number of aliphatic imine (C=N–C) groups is 1. The van der Waals surface area contributed by atoms with Crippen LogP contribution >= 0.6 is 0 Å². The molecule has 4 aromatic rings. The zero-order chi connectivity index (χ0) is 28.8. The van der Waals surface area contributed by atoms with Crippen LogP contribution in [-0.2, 0) is 0 Å². The number of hydrogen-bond donors (Lipinski definition) is 4. The first-order valence-electron chi connectivity index (χ1n) is 13.4. The highest BCUT2D eigenvalue weighted by molar-refractivity contribution is 6.27. The minimum atomic E-state index is -4.30. The summed E-state index contributed by atoms with van der Waals surface area (Å²) in [6.07, 6.45) is 0.0926. The first-order valence-corrected chi connectivity index (χ1v) is 13.4. The van der Waals surface area contributed by atoms with E-state index in [1.807, 2.05) is 0 Å². The Labute approximate surface area is 226 Å². The first kappa shape index (κ1) is 27.6. The van der Waals surface area contributed by atoms with E-state index in [0.29, 0.717) is 0 Å². The Balaban J connectivity index is 1.69. The van der Waals surface area contributed by atoms with Crippen molar-refractivity contribution < 1.29 is 27.9 Å². The van der Waals surface area contributed by atoms with E-state index in [0.717, 1.165) is 38.2 Å². The van der Waals surface area contributed by atoms with Crippen molar-refractivity contribution in [2.45, 2.75) is 76.0 Å². The summed E-state index contributed by atoms with van der Waals surface area (Å²) >= 11 is 0. The number of benzene rings is 2. The van der Waals surface area contributed by atoms with Crippen molar-refractivity contribution in [2.24, 2.45) is 16.6 Å². The zero-order valence-electron chi connectivity index (χ0n) is 21.6. The average molecular weight is 559 g/mol. The van der Waals surface area contributed by atoms with Crippen LogP contribution in [0.2, 0.25) is 0 Å². The lowest BCUT2D eigenvalue weighted by Gasteiger charge is -2.28. The summed E-state index contributed by atoms with van der Waals surface area (Å²) in [7, 11) is 0. The van der Waals surface area contributed by atoms with Gasteiger partial charge in [0.2, 0.25) is 0 Å². The number of carboxylic acid groups (broad SMARTS) is 1. The number of nitrogens with zero attached hydrogens (tertiary/aromatic N) is 1. The molecule has 2 aromatic carbocycles.